The number of fused-ring (bicyclic) bond motifs is 1. The molecule has 4 heteroatoms. The van der Waals surface area contributed by atoms with Crippen LogP contribution in [0.4, 0.5) is 0 Å². The first-order valence-corrected chi connectivity index (χ1v) is 6.91. The molecule has 0 atom stereocenters. The maximum Gasteiger partial charge on any atom is 0.274 e. The summed E-state index contributed by atoms with van der Waals surface area (Å²) in [7, 11) is 0. The number of nitrogens with zero attached hydrogens (tertiary/aromatic N) is 3. The van der Waals surface area contributed by atoms with Gasteiger partial charge in [-0.3, -0.25) is 4.79 Å². The lowest BCUT2D eigenvalue weighted by atomic mass is 10.3. The van der Waals surface area contributed by atoms with Crippen molar-refractivity contribution in [3.63, 3.8) is 0 Å². The van der Waals surface area contributed by atoms with E-state index in [0.717, 1.165) is 37.3 Å². The first kappa shape index (κ1) is 13.6. The van der Waals surface area contributed by atoms with E-state index in [2.05, 4.69) is 18.8 Å². The number of carbonyl (C=O) groups excluding carboxylic acids is 1. The summed E-state index contributed by atoms with van der Waals surface area (Å²) >= 11 is 0. The molecule has 0 spiro atoms. The fraction of sp³-hybridized carbons (Fsp3) is 0.467. The van der Waals surface area contributed by atoms with Gasteiger partial charge in [-0.15, -0.1) is 0 Å². The van der Waals surface area contributed by atoms with Crippen molar-refractivity contribution in [3.8, 4) is 0 Å². The third kappa shape index (κ3) is 2.78. The minimum Gasteiger partial charge on any atom is -0.337 e. The molecule has 2 aromatic rings. The topological polar surface area (TPSA) is 37.6 Å². The lowest BCUT2D eigenvalue weighted by Crippen LogP contribution is -2.32. The number of amides is 1. The molecule has 2 heterocycles. The molecule has 2 rings (SSSR count). The minimum absolute atomic E-state index is 0.0341. The molecule has 0 radical (unpaired) electrons. The molecule has 0 bridgehead atoms. The molecule has 0 aromatic carbocycles. The van der Waals surface area contributed by atoms with Crippen molar-refractivity contribution in [2.45, 2.75) is 33.6 Å². The van der Waals surface area contributed by atoms with Crippen LogP contribution < -0.4 is 0 Å². The van der Waals surface area contributed by atoms with Gasteiger partial charge in [0.15, 0.2) is 0 Å². The molecule has 0 saturated carbocycles. The molecule has 0 unspecified atom stereocenters. The van der Waals surface area contributed by atoms with Crippen LogP contribution in [0.15, 0.2) is 24.4 Å². The van der Waals surface area contributed by atoms with Gasteiger partial charge in [0.05, 0.1) is 0 Å². The number of pyridine rings is 1. The van der Waals surface area contributed by atoms with Crippen LogP contribution in [0.2, 0.25) is 0 Å². The summed E-state index contributed by atoms with van der Waals surface area (Å²) in [6, 6.07) is 5.90. The largest absolute Gasteiger partial charge is 0.337 e. The Bertz CT molecular complexity index is 568. The lowest BCUT2D eigenvalue weighted by Gasteiger charge is -2.20. The van der Waals surface area contributed by atoms with Crippen molar-refractivity contribution in [1.82, 2.24) is 14.3 Å². The fourth-order valence-corrected chi connectivity index (χ4v) is 2.27. The van der Waals surface area contributed by atoms with Crippen LogP contribution >= 0.6 is 0 Å². The molecule has 0 saturated heterocycles. The summed E-state index contributed by atoms with van der Waals surface area (Å²) in [6.45, 7) is 7.77. The SMILES string of the molecule is CCCN(CCC)C(=O)c1cn2c(C)cccc2n1. The van der Waals surface area contributed by atoms with Crippen molar-refractivity contribution >= 4 is 11.6 Å². The van der Waals surface area contributed by atoms with Crippen LogP contribution in [0.1, 0.15) is 42.9 Å². The minimum atomic E-state index is 0.0341. The van der Waals surface area contributed by atoms with E-state index in [-0.39, 0.29) is 5.91 Å². The van der Waals surface area contributed by atoms with Gasteiger partial charge in [0, 0.05) is 25.0 Å². The molecule has 0 N–H and O–H groups in total. The van der Waals surface area contributed by atoms with Gasteiger partial charge in [-0.1, -0.05) is 19.9 Å². The van der Waals surface area contributed by atoms with Crippen molar-refractivity contribution in [2.75, 3.05) is 13.1 Å². The Morgan fingerprint density at radius 2 is 1.95 bits per heavy atom. The van der Waals surface area contributed by atoms with Gasteiger partial charge in [0.2, 0.25) is 0 Å². The number of hydrogen-bond acceptors (Lipinski definition) is 2. The first-order valence-electron chi connectivity index (χ1n) is 6.91. The molecular formula is C15H21N3O. The second-order valence-electron chi connectivity index (χ2n) is 4.81. The second-order valence-corrected chi connectivity index (χ2v) is 4.81. The van der Waals surface area contributed by atoms with E-state index in [1.165, 1.54) is 0 Å². The zero-order valence-corrected chi connectivity index (χ0v) is 11.9. The van der Waals surface area contributed by atoms with Gasteiger partial charge in [-0.25, -0.2) is 4.98 Å². The average molecular weight is 259 g/mol. The van der Waals surface area contributed by atoms with Gasteiger partial charge >= 0.3 is 0 Å². The summed E-state index contributed by atoms with van der Waals surface area (Å²) in [5, 5.41) is 0. The molecule has 0 fully saturated rings. The molecule has 4 nitrogen and oxygen atoms in total. The van der Waals surface area contributed by atoms with Crippen LogP contribution in [-0.4, -0.2) is 33.3 Å². The second kappa shape index (κ2) is 5.87. The maximum absolute atomic E-state index is 12.5. The van der Waals surface area contributed by atoms with Gasteiger partial charge < -0.3 is 9.30 Å². The predicted molar refractivity (Wildman–Crippen MR) is 76.4 cm³/mol. The fourth-order valence-electron chi connectivity index (χ4n) is 2.27. The Morgan fingerprint density at radius 3 is 2.53 bits per heavy atom. The summed E-state index contributed by atoms with van der Waals surface area (Å²) < 4.78 is 1.96. The van der Waals surface area contributed by atoms with E-state index in [9.17, 15) is 4.79 Å². The van der Waals surface area contributed by atoms with Crippen molar-refractivity contribution in [3.05, 3.63) is 35.8 Å². The first-order chi connectivity index (χ1) is 9.17. The zero-order valence-electron chi connectivity index (χ0n) is 11.9. The standard InChI is InChI=1S/C15H21N3O/c1-4-9-17(10-5-2)15(19)13-11-18-12(3)7-6-8-14(18)16-13/h6-8,11H,4-5,9-10H2,1-3H3. The van der Waals surface area contributed by atoms with Crippen LogP contribution in [0.5, 0.6) is 0 Å². The molecule has 19 heavy (non-hydrogen) atoms. The number of carbonyl (C=O) groups is 1. The van der Waals surface area contributed by atoms with Gasteiger partial charge in [0.25, 0.3) is 5.91 Å². The summed E-state index contributed by atoms with van der Waals surface area (Å²) in [5.74, 6) is 0.0341. The Kier molecular flexibility index (Phi) is 4.20. The predicted octanol–water partition coefficient (Wildman–Crippen LogP) is 2.90. The van der Waals surface area contributed by atoms with Crippen molar-refractivity contribution in [2.24, 2.45) is 0 Å². The number of aryl methyl sites for hydroxylation is 1. The molecule has 102 valence electrons. The molecule has 0 aliphatic rings. The summed E-state index contributed by atoms with van der Waals surface area (Å²) in [5.41, 5.74) is 2.45. The van der Waals surface area contributed by atoms with Gasteiger partial charge in [0.1, 0.15) is 11.3 Å². The Labute approximate surface area is 114 Å². The number of rotatable bonds is 5. The van der Waals surface area contributed by atoms with Crippen LogP contribution in [0.25, 0.3) is 5.65 Å². The van der Waals surface area contributed by atoms with E-state index in [0.29, 0.717) is 5.69 Å². The van der Waals surface area contributed by atoms with Gasteiger partial charge in [-0.05, 0) is 31.9 Å². The van der Waals surface area contributed by atoms with E-state index in [1.807, 2.05) is 40.6 Å². The highest BCUT2D eigenvalue weighted by Crippen LogP contribution is 2.11. The Hall–Kier alpha value is -1.84. The van der Waals surface area contributed by atoms with Crippen molar-refractivity contribution in [1.29, 1.82) is 0 Å². The molecule has 0 aliphatic carbocycles. The molecule has 0 aliphatic heterocycles. The summed E-state index contributed by atoms with van der Waals surface area (Å²) in [4.78, 5) is 18.8. The third-order valence-electron chi connectivity index (χ3n) is 3.19. The summed E-state index contributed by atoms with van der Waals surface area (Å²) in [6.07, 6.45) is 3.78. The van der Waals surface area contributed by atoms with Crippen molar-refractivity contribution < 1.29 is 4.79 Å². The lowest BCUT2D eigenvalue weighted by molar-refractivity contribution is 0.0750. The Balaban J connectivity index is 2.32. The van der Waals surface area contributed by atoms with Crippen LogP contribution in [0.3, 0.4) is 0 Å². The van der Waals surface area contributed by atoms with Crippen LogP contribution in [0, 0.1) is 6.92 Å². The number of imidazole rings is 1. The van der Waals surface area contributed by atoms with E-state index in [1.54, 1.807) is 0 Å². The average Bonchev–Trinajstić information content (AvgIpc) is 2.83. The zero-order chi connectivity index (χ0) is 13.8. The highest BCUT2D eigenvalue weighted by atomic mass is 16.2. The smallest absolute Gasteiger partial charge is 0.274 e. The quantitative estimate of drug-likeness (QED) is 0.828. The normalized spacial score (nSPS) is 10.9. The van der Waals surface area contributed by atoms with Gasteiger partial charge in [-0.2, -0.15) is 0 Å². The van der Waals surface area contributed by atoms with E-state index < -0.39 is 0 Å². The maximum atomic E-state index is 12.5. The molecule has 2 aromatic heterocycles. The third-order valence-corrected chi connectivity index (χ3v) is 3.19. The van der Waals surface area contributed by atoms with Crippen LogP contribution in [-0.2, 0) is 0 Å². The molecular weight excluding hydrogens is 238 g/mol. The number of hydrogen-bond donors (Lipinski definition) is 0. The highest BCUT2D eigenvalue weighted by molar-refractivity contribution is 5.93. The van der Waals surface area contributed by atoms with E-state index >= 15 is 0 Å². The Morgan fingerprint density at radius 1 is 1.26 bits per heavy atom. The number of aromatic nitrogens is 2. The molecule has 1 amide bonds. The van der Waals surface area contributed by atoms with E-state index in [4.69, 9.17) is 0 Å². The monoisotopic (exact) mass is 259 g/mol. The highest BCUT2D eigenvalue weighted by Gasteiger charge is 2.17.